The number of hydrogen-bond acceptors (Lipinski definition) is 6. The van der Waals surface area contributed by atoms with Gasteiger partial charge in [-0.15, -0.1) is 0 Å². The zero-order chi connectivity index (χ0) is 20.3. The lowest BCUT2D eigenvalue weighted by atomic mass is 10.0. The van der Waals surface area contributed by atoms with Gasteiger partial charge in [-0.05, 0) is 42.5 Å². The van der Waals surface area contributed by atoms with E-state index < -0.39 is 14.9 Å². The van der Waals surface area contributed by atoms with Crippen LogP contribution in [0.1, 0.15) is 25.3 Å². The van der Waals surface area contributed by atoms with Gasteiger partial charge >= 0.3 is 0 Å². The fourth-order valence-electron chi connectivity index (χ4n) is 3.50. The van der Waals surface area contributed by atoms with Crippen molar-refractivity contribution in [3.05, 3.63) is 58.4 Å². The molecule has 9 heteroatoms. The van der Waals surface area contributed by atoms with E-state index in [1.165, 1.54) is 22.5 Å². The Balaban J connectivity index is 1.91. The minimum absolute atomic E-state index is 0.0353. The highest BCUT2D eigenvalue weighted by atomic mass is 32.2. The van der Waals surface area contributed by atoms with Crippen LogP contribution in [-0.4, -0.2) is 42.8 Å². The third-order valence-corrected chi connectivity index (χ3v) is 6.82. The lowest BCUT2D eigenvalue weighted by molar-refractivity contribution is -0.384. The molecule has 0 saturated carbocycles. The van der Waals surface area contributed by atoms with Crippen molar-refractivity contribution in [2.75, 3.05) is 25.0 Å². The van der Waals surface area contributed by atoms with Crippen molar-refractivity contribution in [1.82, 2.24) is 9.29 Å². The van der Waals surface area contributed by atoms with Gasteiger partial charge in [0.05, 0.1) is 9.82 Å². The van der Waals surface area contributed by atoms with Crippen LogP contribution in [0.25, 0.3) is 0 Å². The van der Waals surface area contributed by atoms with E-state index in [1.807, 2.05) is 13.0 Å². The molecular formula is C19H24N4O4S. The summed E-state index contributed by atoms with van der Waals surface area (Å²) in [7, 11) is -2.02. The molecule has 1 aliphatic heterocycles. The number of nitrogens with zero attached hydrogens (tertiary/aromatic N) is 4. The average Bonchev–Trinajstić information content (AvgIpc) is 2.68. The topological polar surface area (TPSA) is 96.7 Å². The Morgan fingerprint density at radius 2 is 2.14 bits per heavy atom. The maximum atomic E-state index is 13.0. The van der Waals surface area contributed by atoms with E-state index in [2.05, 4.69) is 4.98 Å². The van der Waals surface area contributed by atoms with Gasteiger partial charge in [-0.2, -0.15) is 4.31 Å². The van der Waals surface area contributed by atoms with E-state index in [0.29, 0.717) is 25.3 Å². The number of piperidine rings is 1. The van der Waals surface area contributed by atoms with Gasteiger partial charge in [0.15, 0.2) is 0 Å². The summed E-state index contributed by atoms with van der Waals surface area (Å²) >= 11 is 0. The van der Waals surface area contributed by atoms with Crippen molar-refractivity contribution in [1.29, 1.82) is 0 Å². The predicted octanol–water partition coefficient (Wildman–Crippen LogP) is 3.05. The average molecular weight is 404 g/mol. The molecule has 0 radical (unpaired) electrons. The molecule has 8 nitrogen and oxygen atoms in total. The standard InChI is InChI=1S/C19H24N4O4S/c1-15-5-4-10-22(13-15)28(26,27)17-7-8-18(19(11-17)23(24)25)21(2)14-16-6-3-9-20-12-16/h3,6-9,11-12,15H,4-5,10,13-14H2,1-2H3/t15-/m0/s1. The molecule has 2 aromatic rings. The molecule has 2 heterocycles. The lowest BCUT2D eigenvalue weighted by Gasteiger charge is -2.30. The van der Waals surface area contributed by atoms with Crippen LogP contribution in [0.5, 0.6) is 0 Å². The number of pyridine rings is 1. The summed E-state index contributed by atoms with van der Waals surface area (Å²) < 4.78 is 27.4. The van der Waals surface area contributed by atoms with Crippen LogP contribution in [-0.2, 0) is 16.6 Å². The zero-order valence-electron chi connectivity index (χ0n) is 16.0. The van der Waals surface area contributed by atoms with E-state index in [1.54, 1.807) is 30.4 Å². The number of nitro groups is 1. The van der Waals surface area contributed by atoms with Crippen molar-refractivity contribution in [2.24, 2.45) is 5.92 Å². The monoisotopic (exact) mass is 404 g/mol. The predicted molar refractivity (Wildman–Crippen MR) is 107 cm³/mol. The minimum Gasteiger partial charge on any atom is -0.365 e. The quantitative estimate of drug-likeness (QED) is 0.542. The van der Waals surface area contributed by atoms with Crippen molar-refractivity contribution >= 4 is 21.4 Å². The van der Waals surface area contributed by atoms with E-state index in [4.69, 9.17) is 0 Å². The summed E-state index contributed by atoms with van der Waals surface area (Å²) in [5, 5.41) is 11.6. The molecule has 0 spiro atoms. The van der Waals surface area contributed by atoms with Crippen LogP contribution in [0.3, 0.4) is 0 Å². The first-order valence-corrected chi connectivity index (χ1v) is 10.6. The smallest absolute Gasteiger partial charge is 0.293 e. The molecule has 0 unspecified atom stereocenters. The second-order valence-corrected chi connectivity index (χ2v) is 9.17. The van der Waals surface area contributed by atoms with Gasteiger partial charge in [0, 0.05) is 45.1 Å². The first kappa shape index (κ1) is 20.2. The van der Waals surface area contributed by atoms with Crippen molar-refractivity contribution in [3.63, 3.8) is 0 Å². The molecule has 0 bridgehead atoms. The molecule has 1 fully saturated rings. The highest BCUT2D eigenvalue weighted by Gasteiger charge is 2.31. The molecule has 0 N–H and O–H groups in total. The van der Waals surface area contributed by atoms with Crippen LogP contribution in [0, 0.1) is 16.0 Å². The van der Waals surface area contributed by atoms with Gasteiger partial charge in [0.2, 0.25) is 10.0 Å². The number of rotatable bonds is 6. The second kappa shape index (κ2) is 8.24. The van der Waals surface area contributed by atoms with Gasteiger partial charge in [0.1, 0.15) is 5.69 Å². The van der Waals surface area contributed by atoms with Crippen LogP contribution >= 0.6 is 0 Å². The largest absolute Gasteiger partial charge is 0.365 e. The summed E-state index contributed by atoms with van der Waals surface area (Å²) in [6, 6.07) is 7.81. The third-order valence-electron chi connectivity index (χ3n) is 4.95. The number of benzene rings is 1. The summed E-state index contributed by atoms with van der Waals surface area (Å²) in [6.07, 6.45) is 5.14. The molecule has 0 amide bonds. The maximum absolute atomic E-state index is 13.0. The van der Waals surface area contributed by atoms with Gasteiger partial charge in [0.25, 0.3) is 5.69 Å². The SMILES string of the molecule is C[C@H]1CCCN(S(=O)(=O)c2ccc(N(C)Cc3cccnc3)c([N+](=O)[O-])c2)C1. The second-order valence-electron chi connectivity index (χ2n) is 7.24. The first-order chi connectivity index (χ1) is 13.3. The molecule has 1 aromatic carbocycles. The maximum Gasteiger partial charge on any atom is 0.293 e. The number of nitro benzene ring substituents is 1. The summed E-state index contributed by atoms with van der Waals surface area (Å²) in [5.74, 6) is 0.281. The molecule has 1 aromatic heterocycles. The lowest BCUT2D eigenvalue weighted by Crippen LogP contribution is -2.39. The third kappa shape index (κ3) is 4.31. The van der Waals surface area contributed by atoms with Crippen LogP contribution in [0.4, 0.5) is 11.4 Å². The number of aromatic nitrogens is 1. The minimum atomic E-state index is -3.75. The fraction of sp³-hybridized carbons (Fsp3) is 0.421. The van der Waals surface area contributed by atoms with Crippen molar-refractivity contribution in [3.8, 4) is 0 Å². The van der Waals surface area contributed by atoms with Gasteiger partial charge in [-0.1, -0.05) is 13.0 Å². The van der Waals surface area contributed by atoms with Crippen LogP contribution in [0.2, 0.25) is 0 Å². The summed E-state index contributed by atoms with van der Waals surface area (Å²) in [4.78, 5) is 16.8. The Bertz CT molecular complexity index is 950. The Morgan fingerprint density at radius 1 is 1.36 bits per heavy atom. The van der Waals surface area contributed by atoms with E-state index >= 15 is 0 Å². The molecule has 1 atom stereocenters. The van der Waals surface area contributed by atoms with Crippen molar-refractivity contribution in [2.45, 2.75) is 31.2 Å². The Hall–Kier alpha value is -2.52. The van der Waals surface area contributed by atoms with E-state index in [9.17, 15) is 18.5 Å². The summed E-state index contributed by atoms with van der Waals surface area (Å²) in [6.45, 7) is 3.33. The highest BCUT2D eigenvalue weighted by Crippen LogP contribution is 2.33. The molecule has 0 aliphatic carbocycles. The fourth-order valence-corrected chi connectivity index (χ4v) is 5.12. The van der Waals surface area contributed by atoms with Gasteiger partial charge < -0.3 is 4.90 Å². The Labute approximate surface area is 165 Å². The zero-order valence-corrected chi connectivity index (χ0v) is 16.8. The molecule has 1 aliphatic rings. The van der Waals surface area contributed by atoms with Gasteiger partial charge in [-0.25, -0.2) is 8.42 Å². The van der Waals surface area contributed by atoms with E-state index in [-0.39, 0.29) is 16.5 Å². The molecular weight excluding hydrogens is 380 g/mol. The Kier molecular flexibility index (Phi) is 5.95. The van der Waals surface area contributed by atoms with Crippen molar-refractivity contribution < 1.29 is 13.3 Å². The number of sulfonamides is 1. The molecule has 3 rings (SSSR count). The number of anilines is 1. The van der Waals surface area contributed by atoms with Crippen LogP contribution in [0.15, 0.2) is 47.6 Å². The molecule has 150 valence electrons. The van der Waals surface area contributed by atoms with Gasteiger partial charge in [-0.3, -0.25) is 15.1 Å². The van der Waals surface area contributed by atoms with Crippen LogP contribution < -0.4 is 4.90 Å². The Morgan fingerprint density at radius 3 is 2.79 bits per heavy atom. The molecule has 1 saturated heterocycles. The first-order valence-electron chi connectivity index (χ1n) is 9.17. The molecule has 28 heavy (non-hydrogen) atoms. The van der Waals surface area contributed by atoms with E-state index in [0.717, 1.165) is 18.4 Å². The number of hydrogen-bond donors (Lipinski definition) is 0. The normalized spacial score (nSPS) is 18.0. The summed E-state index contributed by atoms with van der Waals surface area (Å²) in [5.41, 5.74) is 1.04. The highest BCUT2D eigenvalue weighted by molar-refractivity contribution is 7.89.